The molecule has 2 amide bonds. The second kappa shape index (κ2) is 10.1. The molecule has 4 N–H and O–H groups in total. The number of carbonyl (C=O) groups excluding carboxylic acids is 2. The number of carbonyl (C=O) groups is 2. The van der Waals surface area contributed by atoms with Crippen molar-refractivity contribution in [3.63, 3.8) is 0 Å². The summed E-state index contributed by atoms with van der Waals surface area (Å²) in [6, 6.07) is 9.26. The fraction of sp³-hybridized carbons (Fsp3) is 0.478. The van der Waals surface area contributed by atoms with E-state index in [1.54, 1.807) is 4.90 Å². The van der Waals surface area contributed by atoms with Crippen molar-refractivity contribution >= 4 is 17.6 Å². The highest BCUT2D eigenvalue weighted by atomic mass is 16.2. The lowest BCUT2D eigenvalue weighted by atomic mass is 9.98. The van der Waals surface area contributed by atoms with Gasteiger partial charge in [-0.15, -0.1) is 0 Å². The molecule has 4 rings (SSSR count). The molecule has 0 unspecified atom stereocenters. The predicted octanol–water partition coefficient (Wildman–Crippen LogP) is 1.12. The number of aryl methyl sites for hydroxylation is 1. The summed E-state index contributed by atoms with van der Waals surface area (Å²) < 4.78 is 0. The summed E-state index contributed by atoms with van der Waals surface area (Å²) in [6.45, 7) is 8.35. The highest BCUT2D eigenvalue weighted by Crippen LogP contribution is 2.19. The van der Waals surface area contributed by atoms with E-state index < -0.39 is 0 Å². The van der Waals surface area contributed by atoms with Crippen LogP contribution in [-0.2, 0) is 0 Å². The lowest BCUT2D eigenvalue weighted by Crippen LogP contribution is -2.53. The molecule has 0 atom stereocenters. The molecular formula is C23H31N7O2. The molecule has 32 heavy (non-hydrogen) atoms. The number of nitrogens with zero attached hydrogens (tertiary/aromatic N) is 3. The van der Waals surface area contributed by atoms with Crippen LogP contribution in [0.15, 0.2) is 30.3 Å². The smallest absolute Gasteiger partial charge is 0.289 e. The van der Waals surface area contributed by atoms with Gasteiger partial charge >= 0.3 is 0 Å². The third-order valence-electron chi connectivity index (χ3n) is 6.16. The van der Waals surface area contributed by atoms with Crippen LogP contribution in [-0.4, -0.2) is 66.0 Å². The van der Waals surface area contributed by atoms with Gasteiger partial charge in [0, 0.05) is 62.0 Å². The zero-order chi connectivity index (χ0) is 22.5. The quantitative estimate of drug-likeness (QED) is 0.490. The Hall–Kier alpha value is -3.04. The number of hydrogen-bond acceptors (Lipinski definition) is 7. The molecule has 170 valence electrons. The lowest BCUT2D eigenvalue weighted by molar-refractivity contribution is 0.0497. The van der Waals surface area contributed by atoms with E-state index in [-0.39, 0.29) is 23.6 Å². The van der Waals surface area contributed by atoms with Crippen molar-refractivity contribution in [2.45, 2.75) is 20.3 Å². The van der Waals surface area contributed by atoms with Gasteiger partial charge in [0.2, 0.25) is 5.82 Å². The van der Waals surface area contributed by atoms with Gasteiger partial charge in [0.25, 0.3) is 11.8 Å². The molecule has 2 fully saturated rings. The van der Waals surface area contributed by atoms with Gasteiger partial charge in [0.1, 0.15) is 5.82 Å². The molecule has 2 aliphatic rings. The second-order valence-corrected chi connectivity index (χ2v) is 8.60. The number of anilines is 1. The number of nitrogens with one attached hydrogen (secondary N) is 4. The minimum Gasteiger partial charge on any atom is -0.370 e. The molecule has 0 radical (unpaired) electrons. The first-order valence-corrected chi connectivity index (χ1v) is 11.2. The topological polar surface area (TPSA) is 111 Å². The molecule has 9 heteroatoms. The molecule has 3 heterocycles. The summed E-state index contributed by atoms with van der Waals surface area (Å²) in [5, 5.41) is 6.29. The monoisotopic (exact) mass is 437 g/mol. The van der Waals surface area contributed by atoms with Gasteiger partial charge in [0.05, 0.1) is 0 Å². The Labute approximate surface area is 188 Å². The van der Waals surface area contributed by atoms with E-state index in [9.17, 15) is 9.59 Å². The van der Waals surface area contributed by atoms with Crippen LogP contribution in [0.2, 0.25) is 0 Å². The number of amides is 2. The van der Waals surface area contributed by atoms with Crippen LogP contribution in [0.4, 0.5) is 5.82 Å². The first-order valence-electron chi connectivity index (χ1n) is 11.2. The Morgan fingerprint density at radius 1 is 1.06 bits per heavy atom. The SMILES string of the molecule is Cc1nc(C(=O)NCC2CN(C(=O)c3ccccc3)C2)nc(NCCC2CNNC2)c1C. The fourth-order valence-electron chi connectivity index (χ4n) is 3.95. The number of hydrogen-bond donors (Lipinski definition) is 4. The van der Waals surface area contributed by atoms with Gasteiger partial charge in [-0.1, -0.05) is 18.2 Å². The van der Waals surface area contributed by atoms with Crippen molar-refractivity contribution in [3.8, 4) is 0 Å². The second-order valence-electron chi connectivity index (χ2n) is 8.60. The first kappa shape index (κ1) is 22.2. The minimum atomic E-state index is -0.284. The van der Waals surface area contributed by atoms with E-state index in [1.807, 2.05) is 44.2 Å². The number of hydrazine groups is 1. The van der Waals surface area contributed by atoms with E-state index in [2.05, 4.69) is 31.5 Å². The Kier molecular flexibility index (Phi) is 6.96. The molecular weight excluding hydrogens is 406 g/mol. The highest BCUT2D eigenvalue weighted by Gasteiger charge is 2.31. The molecule has 0 aliphatic carbocycles. The Balaban J connectivity index is 1.26. The average molecular weight is 438 g/mol. The largest absolute Gasteiger partial charge is 0.370 e. The number of likely N-dealkylation sites (tertiary alicyclic amines) is 1. The minimum absolute atomic E-state index is 0.0329. The van der Waals surface area contributed by atoms with Gasteiger partial charge in [-0.25, -0.2) is 9.97 Å². The van der Waals surface area contributed by atoms with Crippen molar-refractivity contribution < 1.29 is 9.59 Å². The van der Waals surface area contributed by atoms with Crippen molar-refractivity contribution in [1.82, 2.24) is 31.0 Å². The average Bonchev–Trinajstić information content (AvgIpc) is 3.29. The molecule has 0 bridgehead atoms. The van der Waals surface area contributed by atoms with E-state index in [0.717, 1.165) is 37.3 Å². The van der Waals surface area contributed by atoms with Crippen LogP contribution in [0, 0.1) is 25.7 Å². The van der Waals surface area contributed by atoms with Gasteiger partial charge in [-0.05, 0) is 38.3 Å². The lowest BCUT2D eigenvalue weighted by Gasteiger charge is -2.39. The van der Waals surface area contributed by atoms with Gasteiger partial charge in [-0.3, -0.25) is 20.4 Å². The predicted molar refractivity (Wildman–Crippen MR) is 122 cm³/mol. The maximum absolute atomic E-state index is 12.7. The molecule has 1 aromatic carbocycles. The summed E-state index contributed by atoms with van der Waals surface area (Å²) in [5.74, 6) is 1.47. The van der Waals surface area contributed by atoms with E-state index in [1.165, 1.54) is 0 Å². The normalized spacial score (nSPS) is 16.6. The van der Waals surface area contributed by atoms with Gasteiger partial charge in [-0.2, -0.15) is 0 Å². The van der Waals surface area contributed by atoms with Crippen molar-refractivity contribution in [2.24, 2.45) is 11.8 Å². The summed E-state index contributed by atoms with van der Waals surface area (Å²) in [6.07, 6.45) is 1.02. The molecule has 2 aromatic rings. The molecule has 0 saturated carbocycles. The summed E-state index contributed by atoms with van der Waals surface area (Å²) >= 11 is 0. The molecule has 2 aliphatic heterocycles. The van der Waals surface area contributed by atoms with Crippen LogP contribution in [0.5, 0.6) is 0 Å². The maximum atomic E-state index is 12.7. The number of benzene rings is 1. The fourth-order valence-corrected chi connectivity index (χ4v) is 3.95. The van der Waals surface area contributed by atoms with Crippen LogP contribution < -0.4 is 21.5 Å². The summed E-state index contributed by atoms with van der Waals surface area (Å²) in [4.78, 5) is 35.7. The molecule has 0 spiro atoms. The summed E-state index contributed by atoms with van der Waals surface area (Å²) in [5.41, 5.74) is 8.72. The number of rotatable bonds is 8. The molecule has 1 aromatic heterocycles. The van der Waals surface area contributed by atoms with Crippen LogP contribution in [0.1, 0.15) is 38.7 Å². The van der Waals surface area contributed by atoms with E-state index in [4.69, 9.17) is 0 Å². The molecule has 2 saturated heterocycles. The number of aromatic nitrogens is 2. The highest BCUT2D eigenvalue weighted by molar-refractivity contribution is 5.94. The van der Waals surface area contributed by atoms with Gasteiger partial charge in [0.15, 0.2) is 0 Å². The molecule has 9 nitrogen and oxygen atoms in total. The van der Waals surface area contributed by atoms with Gasteiger partial charge < -0.3 is 15.5 Å². The zero-order valence-electron chi connectivity index (χ0n) is 18.6. The van der Waals surface area contributed by atoms with Crippen LogP contribution in [0.3, 0.4) is 0 Å². The van der Waals surface area contributed by atoms with Crippen LogP contribution >= 0.6 is 0 Å². The third-order valence-corrected chi connectivity index (χ3v) is 6.16. The van der Waals surface area contributed by atoms with Crippen molar-refractivity contribution in [1.29, 1.82) is 0 Å². The van der Waals surface area contributed by atoms with E-state index in [0.29, 0.717) is 36.9 Å². The summed E-state index contributed by atoms with van der Waals surface area (Å²) in [7, 11) is 0. The zero-order valence-corrected chi connectivity index (χ0v) is 18.6. The Morgan fingerprint density at radius 2 is 1.78 bits per heavy atom. The van der Waals surface area contributed by atoms with Crippen molar-refractivity contribution in [3.05, 3.63) is 53.0 Å². The van der Waals surface area contributed by atoms with Crippen molar-refractivity contribution in [2.75, 3.05) is 44.6 Å². The third kappa shape index (κ3) is 5.23. The maximum Gasteiger partial charge on any atom is 0.289 e. The standard InChI is InChI=1S/C23H31N7O2/c1-15-16(2)28-21(29-20(15)24-9-8-17-11-26-27-12-17)22(31)25-10-18-13-30(14-18)23(32)19-6-4-3-5-7-19/h3-7,17-18,26-27H,8-14H2,1-2H3,(H,25,31)(H,24,28,29). The van der Waals surface area contributed by atoms with E-state index >= 15 is 0 Å². The first-order chi connectivity index (χ1) is 15.5. The Bertz CT molecular complexity index is 954. The van der Waals surface area contributed by atoms with Crippen LogP contribution in [0.25, 0.3) is 0 Å². The Morgan fingerprint density at radius 3 is 2.50 bits per heavy atom.